The molecular formula is C43H53BrN2O5Si. The normalized spacial score (nSPS) is 24.2. The SMILES string of the molecule is COc1ccc([Si](C)(C)[C@@H]2[C@@H](CC(=O)N3Cc4ccccc4C[C@H]3CO)O[C@]3(C(=O)N(C/C=C(\C)CCC=C(C)C)c4ccc(Br)cc43)[C@H]2C)cc1. The van der Waals surface area contributed by atoms with Crippen LogP contribution >= 0.6 is 15.9 Å². The van der Waals surface area contributed by atoms with Crippen LogP contribution in [0.5, 0.6) is 5.75 Å². The molecule has 3 aromatic rings. The molecule has 0 aromatic heterocycles. The first-order valence-electron chi connectivity index (χ1n) is 18.5. The molecule has 3 aromatic carbocycles. The minimum Gasteiger partial charge on any atom is -0.497 e. The van der Waals surface area contributed by atoms with E-state index in [4.69, 9.17) is 9.47 Å². The Kier molecular flexibility index (Phi) is 11.4. The van der Waals surface area contributed by atoms with Gasteiger partial charge < -0.3 is 24.4 Å². The average Bonchev–Trinajstić information content (AvgIpc) is 3.55. The van der Waals surface area contributed by atoms with E-state index in [-0.39, 0.29) is 42.3 Å². The second kappa shape index (κ2) is 15.5. The van der Waals surface area contributed by atoms with Crippen molar-refractivity contribution < 1.29 is 24.2 Å². The molecule has 0 unspecified atom stereocenters. The molecule has 0 saturated carbocycles. The second-order valence-corrected chi connectivity index (χ2v) is 21.2. The maximum atomic E-state index is 15.1. The number of carbonyl (C=O) groups is 2. The zero-order valence-corrected chi connectivity index (χ0v) is 34.2. The summed E-state index contributed by atoms with van der Waals surface area (Å²) in [5.74, 6) is 0.440. The maximum Gasteiger partial charge on any atom is 0.264 e. The molecule has 3 aliphatic rings. The highest BCUT2D eigenvalue weighted by Crippen LogP contribution is 2.60. The van der Waals surface area contributed by atoms with Crippen molar-refractivity contribution in [2.24, 2.45) is 5.92 Å². The summed E-state index contributed by atoms with van der Waals surface area (Å²) >= 11 is 3.71. The number of aliphatic hydroxyl groups is 1. The van der Waals surface area contributed by atoms with Gasteiger partial charge in [-0.2, -0.15) is 0 Å². The van der Waals surface area contributed by atoms with Crippen LogP contribution in [0.15, 0.2) is 94.5 Å². The number of carbonyl (C=O) groups excluding carboxylic acids is 2. The van der Waals surface area contributed by atoms with Crippen molar-refractivity contribution in [3.8, 4) is 5.75 Å². The highest BCUT2D eigenvalue weighted by molar-refractivity contribution is 9.10. The van der Waals surface area contributed by atoms with Crippen LogP contribution in [0, 0.1) is 5.92 Å². The third-order valence-electron chi connectivity index (χ3n) is 11.8. The van der Waals surface area contributed by atoms with E-state index in [1.807, 2.05) is 52.3 Å². The molecular weight excluding hydrogens is 732 g/mol. The summed E-state index contributed by atoms with van der Waals surface area (Å²) in [6.07, 6.45) is 6.53. The van der Waals surface area contributed by atoms with Gasteiger partial charge in [-0.25, -0.2) is 0 Å². The molecule has 276 valence electrons. The van der Waals surface area contributed by atoms with Crippen molar-refractivity contribution >= 4 is 46.7 Å². The van der Waals surface area contributed by atoms with Crippen LogP contribution in [0.25, 0.3) is 0 Å². The van der Waals surface area contributed by atoms with E-state index in [1.165, 1.54) is 21.9 Å². The largest absolute Gasteiger partial charge is 0.497 e. The standard InChI is InChI=1S/C43H53BrN2O5Si/c1-28(2)11-10-12-29(3)21-22-45-38-20-15-33(44)24-37(38)43(42(45)49)30(4)41(52(6,7)36-18-16-35(50-5)17-19-36)39(51-43)25-40(48)46-26-32-14-9-8-13-31(32)23-34(46)27-47/h8-9,11,13-21,24,30,34,39,41,47H,10,12,22-23,25-27H2,1-7H3/b29-21+/t30-,34-,39+,41-,43+/m0/s1. The van der Waals surface area contributed by atoms with Crippen LogP contribution in [0.3, 0.4) is 0 Å². The van der Waals surface area contributed by atoms with E-state index < -0.39 is 19.8 Å². The Hall–Kier alpha value is -3.50. The molecule has 1 spiro atoms. The molecule has 9 heteroatoms. The first kappa shape index (κ1) is 38.2. The highest BCUT2D eigenvalue weighted by Gasteiger charge is 2.66. The Bertz CT molecular complexity index is 1870. The van der Waals surface area contributed by atoms with Gasteiger partial charge in [-0.05, 0) is 87.0 Å². The Labute approximate surface area is 318 Å². The third kappa shape index (κ3) is 7.09. The van der Waals surface area contributed by atoms with Crippen LogP contribution in [-0.2, 0) is 32.9 Å². The number of rotatable bonds is 11. The molecule has 1 N–H and O–H groups in total. The molecule has 3 heterocycles. The van der Waals surface area contributed by atoms with E-state index in [1.54, 1.807) is 7.11 Å². The number of allylic oxidation sites excluding steroid dienone is 3. The van der Waals surface area contributed by atoms with Gasteiger partial charge in [-0.15, -0.1) is 0 Å². The summed E-state index contributed by atoms with van der Waals surface area (Å²) in [5.41, 5.74) is 5.20. The average molecular weight is 786 g/mol. The lowest BCUT2D eigenvalue weighted by Crippen LogP contribution is -2.52. The van der Waals surface area contributed by atoms with E-state index in [9.17, 15) is 9.90 Å². The van der Waals surface area contributed by atoms with Crippen molar-refractivity contribution in [2.75, 3.05) is 25.2 Å². The predicted octanol–water partition coefficient (Wildman–Crippen LogP) is 8.05. The molecule has 3 aliphatic heterocycles. The summed E-state index contributed by atoms with van der Waals surface area (Å²) in [6.45, 7) is 14.0. The van der Waals surface area contributed by atoms with Crippen LogP contribution in [-0.4, -0.2) is 62.3 Å². The molecule has 5 atom stereocenters. The fourth-order valence-corrected chi connectivity index (χ4v) is 13.3. The number of benzene rings is 3. The lowest BCUT2D eigenvalue weighted by atomic mass is 9.82. The first-order chi connectivity index (χ1) is 24.8. The number of halogens is 1. The van der Waals surface area contributed by atoms with Crippen LogP contribution in [0.2, 0.25) is 18.6 Å². The Balaban J connectivity index is 1.39. The molecule has 6 rings (SSSR count). The third-order valence-corrected chi connectivity index (χ3v) is 16.6. The fraction of sp³-hybridized carbons (Fsp3) is 0.442. The van der Waals surface area contributed by atoms with Crippen LogP contribution in [0.4, 0.5) is 5.69 Å². The number of amides is 2. The summed E-state index contributed by atoms with van der Waals surface area (Å²) in [6, 6.07) is 22.2. The Morgan fingerprint density at radius 3 is 2.44 bits per heavy atom. The second-order valence-electron chi connectivity index (χ2n) is 15.6. The van der Waals surface area contributed by atoms with Gasteiger partial charge in [0.2, 0.25) is 5.91 Å². The van der Waals surface area contributed by atoms with E-state index >= 15 is 4.79 Å². The number of ether oxygens (including phenoxy) is 2. The summed E-state index contributed by atoms with van der Waals surface area (Å²) in [7, 11) is -0.781. The number of nitrogens with zero attached hydrogens (tertiary/aromatic N) is 2. The zero-order chi connectivity index (χ0) is 37.4. The molecule has 2 amide bonds. The maximum absolute atomic E-state index is 15.1. The van der Waals surface area contributed by atoms with Crippen molar-refractivity contribution in [3.05, 3.63) is 111 Å². The van der Waals surface area contributed by atoms with Crippen molar-refractivity contribution in [1.29, 1.82) is 0 Å². The molecule has 52 heavy (non-hydrogen) atoms. The van der Waals surface area contributed by atoms with Gasteiger partial charge in [0.1, 0.15) is 5.75 Å². The van der Waals surface area contributed by atoms with Crippen LogP contribution in [0.1, 0.15) is 63.6 Å². The van der Waals surface area contributed by atoms with Crippen LogP contribution < -0.4 is 14.8 Å². The smallest absolute Gasteiger partial charge is 0.264 e. The monoisotopic (exact) mass is 784 g/mol. The summed E-state index contributed by atoms with van der Waals surface area (Å²) in [5, 5.41) is 11.7. The molecule has 0 bridgehead atoms. The van der Waals surface area contributed by atoms with Gasteiger partial charge in [0.25, 0.3) is 5.91 Å². The van der Waals surface area contributed by atoms with E-state index in [2.05, 4.69) is 93.1 Å². The quantitative estimate of drug-likeness (QED) is 0.157. The molecule has 0 aliphatic carbocycles. The number of hydrogen-bond donors (Lipinski definition) is 1. The highest BCUT2D eigenvalue weighted by atomic mass is 79.9. The lowest BCUT2D eigenvalue weighted by molar-refractivity contribution is -0.150. The van der Waals surface area contributed by atoms with Gasteiger partial charge in [0.15, 0.2) is 5.60 Å². The van der Waals surface area contributed by atoms with E-state index in [0.29, 0.717) is 19.5 Å². The van der Waals surface area contributed by atoms with Crippen molar-refractivity contribution in [1.82, 2.24) is 4.90 Å². The van der Waals surface area contributed by atoms with Crippen molar-refractivity contribution in [2.45, 2.75) is 96.3 Å². The summed E-state index contributed by atoms with van der Waals surface area (Å²) in [4.78, 5) is 33.3. The lowest BCUT2D eigenvalue weighted by Gasteiger charge is -2.39. The molecule has 1 saturated heterocycles. The number of hydrogen-bond acceptors (Lipinski definition) is 5. The molecule has 7 nitrogen and oxygen atoms in total. The van der Waals surface area contributed by atoms with Gasteiger partial charge in [0, 0.05) is 29.0 Å². The van der Waals surface area contributed by atoms with Gasteiger partial charge in [-0.3, -0.25) is 9.59 Å². The van der Waals surface area contributed by atoms with Gasteiger partial charge in [0.05, 0.1) is 46.0 Å². The number of fused-ring (bicyclic) bond motifs is 3. The van der Waals surface area contributed by atoms with Crippen molar-refractivity contribution in [3.63, 3.8) is 0 Å². The first-order valence-corrected chi connectivity index (χ1v) is 22.4. The van der Waals surface area contributed by atoms with Gasteiger partial charge >= 0.3 is 0 Å². The number of anilines is 1. The van der Waals surface area contributed by atoms with E-state index in [0.717, 1.165) is 39.9 Å². The summed E-state index contributed by atoms with van der Waals surface area (Å²) < 4.78 is 13.6. The minimum atomic E-state index is -2.45. The Morgan fingerprint density at radius 1 is 1.06 bits per heavy atom. The predicted molar refractivity (Wildman–Crippen MR) is 215 cm³/mol. The minimum absolute atomic E-state index is 0.0565. The zero-order valence-electron chi connectivity index (χ0n) is 31.6. The topological polar surface area (TPSA) is 79.3 Å². The number of methoxy groups -OCH3 is 1. The number of aliphatic hydroxyl groups excluding tert-OH is 1. The molecule has 0 radical (unpaired) electrons. The van der Waals surface area contributed by atoms with Gasteiger partial charge in [-0.1, -0.05) is 101 Å². The fourth-order valence-electron chi connectivity index (χ4n) is 8.94. The molecule has 1 fully saturated rings. The Morgan fingerprint density at radius 2 is 1.77 bits per heavy atom.